The van der Waals surface area contributed by atoms with Gasteiger partial charge in [0.05, 0.1) is 30.1 Å². The molecule has 0 fully saturated rings. The van der Waals surface area contributed by atoms with Crippen molar-refractivity contribution in [1.29, 1.82) is 0 Å². The molecule has 0 heterocycles. The van der Waals surface area contributed by atoms with Crippen LogP contribution in [0.5, 0.6) is 5.75 Å². The van der Waals surface area contributed by atoms with Crippen LogP contribution in [0.3, 0.4) is 0 Å². The topological polar surface area (TPSA) is 75.7 Å². The molecule has 0 atom stereocenters. The van der Waals surface area contributed by atoms with Crippen molar-refractivity contribution >= 4 is 33.2 Å². The van der Waals surface area contributed by atoms with Crippen molar-refractivity contribution in [3.8, 4) is 5.75 Å². The van der Waals surface area contributed by atoms with Crippen LogP contribution in [0.2, 0.25) is 5.02 Å². The van der Waals surface area contributed by atoms with Gasteiger partial charge < -0.3 is 10.1 Å². The molecule has 0 saturated carbocycles. The highest BCUT2D eigenvalue weighted by Gasteiger charge is 2.20. The Kier molecular flexibility index (Phi) is 7.71. The van der Waals surface area contributed by atoms with E-state index in [0.29, 0.717) is 27.6 Å². The largest absolute Gasteiger partial charge is 0.492 e. The molecule has 0 radical (unpaired) electrons. The number of ether oxygens (including phenoxy) is 1. The van der Waals surface area contributed by atoms with Crippen molar-refractivity contribution < 1.29 is 22.3 Å². The minimum atomic E-state index is -3.57. The third kappa shape index (κ3) is 6.45. The third-order valence-corrected chi connectivity index (χ3v) is 5.98. The first-order valence-electron chi connectivity index (χ1n) is 9.72. The number of halogens is 2. The Hall–Kier alpha value is -3.10. The van der Waals surface area contributed by atoms with E-state index < -0.39 is 10.0 Å². The lowest BCUT2D eigenvalue weighted by Gasteiger charge is -2.23. The van der Waals surface area contributed by atoms with Crippen LogP contribution in [0.15, 0.2) is 72.8 Å². The van der Waals surface area contributed by atoms with Crippen LogP contribution < -0.4 is 14.4 Å². The van der Waals surface area contributed by atoms with Crippen molar-refractivity contribution in [2.24, 2.45) is 0 Å². The van der Waals surface area contributed by atoms with Gasteiger partial charge in [0, 0.05) is 5.56 Å². The second-order valence-electron chi connectivity index (χ2n) is 6.98. The molecule has 0 bridgehead atoms. The number of anilines is 1. The Labute approximate surface area is 191 Å². The highest BCUT2D eigenvalue weighted by molar-refractivity contribution is 7.92. The average molecular weight is 477 g/mol. The zero-order chi connectivity index (χ0) is 23.1. The SMILES string of the molecule is CS(=O)(=O)N(Cc1ccc(C(=O)NCCOc2ccc(F)cc2)cc1)c1ccccc1Cl. The summed E-state index contributed by atoms with van der Waals surface area (Å²) >= 11 is 6.18. The van der Waals surface area contributed by atoms with Gasteiger partial charge in [0.2, 0.25) is 10.0 Å². The predicted molar refractivity (Wildman–Crippen MR) is 123 cm³/mol. The fourth-order valence-corrected chi connectivity index (χ4v) is 4.12. The summed E-state index contributed by atoms with van der Waals surface area (Å²) < 4.78 is 44.1. The first-order valence-corrected chi connectivity index (χ1v) is 11.9. The fraction of sp³-hybridized carbons (Fsp3) is 0.174. The smallest absolute Gasteiger partial charge is 0.251 e. The van der Waals surface area contributed by atoms with Gasteiger partial charge in [-0.25, -0.2) is 12.8 Å². The molecule has 168 valence electrons. The van der Waals surface area contributed by atoms with E-state index in [4.69, 9.17) is 16.3 Å². The van der Waals surface area contributed by atoms with E-state index in [1.54, 1.807) is 48.5 Å². The van der Waals surface area contributed by atoms with Gasteiger partial charge in [0.25, 0.3) is 5.91 Å². The van der Waals surface area contributed by atoms with Crippen molar-refractivity contribution in [2.45, 2.75) is 6.54 Å². The standard InChI is InChI=1S/C23H22ClFN2O4S/c1-32(29,30)27(22-5-3-2-4-21(22)24)16-17-6-8-18(9-7-17)23(28)26-14-15-31-20-12-10-19(25)11-13-20/h2-13H,14-16H2,1H3,(H,26,28). The van der Waals surface area contributed by atoms with Gasteiger partial charge in [0.1, 0.15) is 18.2 Å². The van der Waals surface area contributed by atoms with E-state index in [2.05, 4.69) is 5.32 Å². The third-order valence-electron chi connectivity index (χ3n) is 4.53. The van der Waals surface area contributed by atoms with Crippen molar-refractivity contribution in [3.05, 3.63) is 94.8 Å². The summed E-state index contributed by atoms with van der Waals surface area (Å²) in [5.41, 5.74) is 1.52. The van der Waals surface area contributed by atoms with Crippen molar-refractivity contribution in [3.63, 3.8) is 0 Å². The number of sulfonamides is 1. The van der Waals surface area contributed by atoms with E-state index in [-0.39, 0.29) is 31.4 Å². The summed E-state index contributed by atoms with van der Waals surface area (Å²) in [4.78, 5) is 12.3. The summed E-state index contributed by atoms with van der Waals surface area (Å²) in [5, 5.41) is 3.07. The van der Waals surface area contributed by atoms with Crippen LogP contribution in [0.1, 0.15) is 15.9 Å². The fourth-order valence-electron chi connectivity index (χ4n) is 2.93. The van der Waals surface area contributed by atoms with Gasteiger partial charge in [-0.15, -0.1) is 0 Å². The first kappa shape index (κ1) is 23.6. The number of nitrogens with zero attached hydrogens (tertiary/aromatic N) is 1. The lowest BCUT2D eigenvalue weighted by Crippen LogP contribution is -2.30. The molecule has 1 amide bonds. The number of nitrogens with one attached hydrogen (secondary N) is 1. The monoisotopic (exact) mass is 476 g/mol. The maximum absolute atomic E-state index is 12.9. The Morgan fingerprint density at radius 2 is 1.69 bits per heavy atom. The lowest BCUT2D eigenvalue weighted by atomic mass is 10.1. The molecule has 0 aliphatic heterocycles. The highest BCUT2D eigenvalue weighted by Crippen LogP contribution is 2.28. The van der Waals surface area contributed by atoms with Gasteiger partial charge in [-0.05, 0) is 54.1 Å². The second-order valence-corrected chi connectivity index (χ2v) is 9.29. The summed E-state index contributed by atoms with van der Waals surface area (Å²) in [6.07, 6.45) is 1.12. The van der Waals surface area contributed by atoms with Crippen LogP contribution in [-0.2, 0) is 16.6 Å². The summed E-state index contributed by atoms with van der Waals surface area (Å²) in [5.74, 6) is -0.120. The maximum atomic E-state index is 12.9. The highest BCUT2D eigenvalue weighted by atomic mass is 35.5. The van der Waals surface area contributed by atoms with E-state index in [9.17, 15) is 17.6 Å². The Bertz CT molecular complexity index is 1170. The second kappa shape index (κ2) is 10.5. The van der Waals surface area contributed by atoms with Gasteiger partial charge in [-0.2, -0.15) is 0 Å². The quantitative estimate of drug-likeness (QED) is 0.468. The molecule has 3 aromatic rings. The average Bonchev–Trinajstić information content (AvgIpc) is 2.76. The molecule has 0 unspecified atom stereocenters. The number of benzene rings is 3. The number of para-hydroxylation sites is 1. The van der Waals surface area contributed by atoms with Gasteiger partial charge in [0.15, 0.2) is 0 Å². The van der Waals surface area contributed by atoms with E-state index in [1.807, 2.05) is 0 Å². The molecular weight excluding hydrogens is 455 g/mol. The van der Waals surface area contributed by atoms with Crippen molar-refractivity contribution in [2.75, 3.05) is 23.7 Å². The Morgan fingerprint density at radius 3 is 2.31 bits per heavy atom. The molecule has 0 aliphatic rings. The van der Waals surface area contributed by atoms with Gasteiger partial charge in [-0.3, -0.25) is 9.10 Å². The minimum Gasteiger partial charge on any atom is -0.492 e. The number of hydrogen-bond acceptors (Lipinski definition) is 4. The van der Waals surface area contributed by atoms with Gasteiger partial charge in [-0.1, -0.05) is 35.9 Å². The molecule has 0 aliphatic carbocycles. The number of hydrogen-bond donors (Lipinski definition) is 1. The normalized spacial score (nSPS) is 11.1. The Balaban J connectivity index is 1.58. The lowest BCUT2D eigenvalue weighted by molar-refractivity contribution is 0.0947. The van der Waals surface area contributed by atoms with Gasteiger partial charge >= 0.3 is 0 Å². The zero-order valence-electron chi connectivity index (χ0n) is 17.3. The molecule has 9 heteroatoms. The van der Waals surface area contributed by atoms with E-state index in [0.717, 1.165) is 6.26 Å². The molecule has 3 rings (SSSR count). The molecule has 1 N–H and O–H groups in total. The van der Waals surface area contributed by atoms with E-state index >= 15 is 0 Å². The van der Waals surface area contributed by atoms with Crippen LogP contribution in [0.4, 0.5) is 10.1 Å². The van der Waals surface area contributed by atoms with Crippen LogP contribution in [-0.4, -0.2) is 33.7 Å². The zero-order valence-corrected chi connectivity index (χ0v) is 18.9. The molecule has 0 aromatic heterocycles. The maximum Gasteiger partial charge on any atom is 0.251 e. The van der Waals surface area contributed by atoms with Crippen LogP contribution in [0, 0.1) is 5.82 Å². The first-order chi connectivity index (χ1) is 15.2. The molecule has 3 aromatic carbocycles. The molecule has 0 spiro atoms. The summed E-state index contributed by atoms with van der Waals surface area (Å²) in [6.45, 7) is 0.582. The molecule has 32 heavy (non-hydrogen) atoms. The van der Waals surface area contributed by atoms with E-state index in [1.165, 1.54) is 28.6 Å². The number of carbonyl (C=O) groups excluding carboxylic acids is 1. The van der Waals surface area contributed by atoms with Crippen LogP contribution in [0.25, 0.3) is 0 Å². The molecule has 0 saturated heterocycles. The summed E-state index contributed by atoms with van der Waals surface area (Å²) in [7, 11) is -3.57. The Morgan fingerprint density at radius 1 is 1.03 bits per heavy atom. The number of amides is 1. The van der Waals surface area contributed by atoms with Crippen molar-refractivity contribution in [1.82, 2.24) is 5.32 Å². The summed E-state index contributed by atoms with van der Waals surface area (Å²) in [6, 6.07) is 19.0. The number of rotatable bonds is 9. The number of carbonyl (C=O) groups is 1. The molecular formula is C23H22ClFN2O4S. The minimum absolute atomic E-state index is 0.0793. The van der Waals surface area contributed by atoms with Crippen LogP contribution >= 0.6 is 11.6 Å². The predicted octanol–water partition coefficient (Wildman–Crippen LogP) is 4.25. The molecule has 6 nitrogen and oxygen atoms in total.